The summed E-state index contributed by atoms with van der Waals surface area (Å²) in [6.45, 7) is 4.66. The third kappa shape index (κ3) is 4.58. The second kappa shape index (κ2) is 10.2. The highest BCUT2D eigenvalue weighted by Crippen LogP contribution is 2.38. The van der Waals surface area contributed by atoms with Gasteiger partial charge in [-0.1, -0.05) is 60.7 Å². The number of hydrogen-bond acceptors (Lipinski definition) is 8. The van der Waals surface area contributed by atoms with Crippen LogP contribution in [0.3, 0.4) is 0 Å². The number of anilines is 2. The minimum absolute atomic E-state index is 0.0154. The molecule has 1 amide bonds. The number of hydrogen-bond donors (Lipinski definition) is 2. The Kier molecular flexibility index (Phi) is 6.91. The molecule has 0 unspecified atom stereocenters. The third-order valence-electron chi connectivity index (χ3n) is 5.48. The van der Waals surface area contributed by atoms with E-state index in [0.29, 0.717) is 16.8 Å². The van der Waals surface area contributed by atoms with Gasteiger partial charge in [0.05, 0.1) is 12.2 Å². The SMILES string of the molecule is CCOC(=O)c1c(Nc2oc(C)c(C(C)=O)c2C(N)=O)nnc(-c2ccccc2)c1-c1ccccc1. The number of carbonyl (C=O) groups excluding carboxylic acids is 3. The lowest BCUT2D eigenvalue weighted by Crippen LogP contribution is -2.17. The first-order chi connectivity index (χ1) is 17.3. The average molecular weight is 485 g/mol. The Morgan fingerprint density at radius 2 is 1.53 bits per heavy atom. The van der Waals surface area contributed by atoms with Gasteiger partial charge < -0.3 is 20.2 Å². The van der Waals surface area contributed by atoms with E-state index >= 15 is 0 Å². The number of furan rings is 1. The van der Waals surface area contributed by atoms with Crippen LogP contribution in [-0.4, -0.2) is 34.5 Å². The number of nitrogens with one attached hydrogen (secondary N) is 1. The lowest BCUT2D eigenvalue weighted by Gasteiger charge is -2.17. The Morgan fingerprint density at radius 1 is 0.917 bits per heavy atom. The molecule has 0 aliphatic carbocycles. The molecule has 2 aromatic heterocycles. The fraction of sp³-hybridized carbons (Fsp3) is 0.148. The lowest BCUT2D eigenvalue weighted by molar-refractivity contribution is 0.0527. The minimum Gasteiger partial charge on any atom is -0.462 e. The van der Waals surface area contributed by atoms with Crippen LogP contribution in [0.4, 0.5) is 11.7 Å². The van der Waals surface area contributed by atoms with E-state index < -0.39 is 11.9 Å². The predicted octanol–water partition coefficient (Wildman–Crippen LogP) is 4.93. The van der Waals surface area contributed by atoms with Crippen molar-refractivity contribution in [2.24, 2.45) is 5.73 Å². The van der Waals surface area contributed by atoms with Gasteiger partial charge in [-0.3, -0.25) is 9.59 Å². The van der Waals surface area contributed by atoms with E-state index in [1.165, 1.54) is 6.92 Å². The molecule has 9 heteroatoms. The normalized spacial score (nSPS) is 10.6. The van der Waals surface area contributed by atoms with Gasteiger partial charge in [-0.05, 0) is 26.3 Å². The van der Waals surface area contributed by atoms with Crippen LogP contribution >= 0.6 is 0 Å². The van der Waals surface area contributed by atoms with Gasteiger partial charge in [0.2, 0.25) is 5.88 Å². The number of esters is 1. The van der Waals surface area contributed by atoms with E-state index in [4.69, 9.17) is 14.9 Å². The molecule has 9 nitrogen and oxygen atoms in total. The molecule has 182 valence electrons. The Labute approximate surface area is 207 Å². The third-order valence-corrected chi connectivity index (χ3v) is 5.48. The molecule has 0 saturated carbocycles. The first kappa shape index (κ1) is 24.3. The Morgan fingerprint density at radius 3 is 2.08 bits per heavy atom. The molecule has 0 saturated heterocycles. The predicted molar refractivity (Wildman–Crippen MR) is 134 cm³/mol. The number of aryl methyl sites for hydroxylation is 1. The quantitative estimate of drug-likeness (QED) is 0.265. The number of amides is 1. The molecule has 0 fully saturated rings. The van der Waals surface area contributed by atoms with Gasteiger partial charge in [-0.25, -0.2) is 4.79 Å². The fourth-order valence-corrected chi connectivity index (χ4v) is 4.01. The highest BCUT2D eigenvalue weighted by atomic mass is 16.5. The van der Waals surface area contributed by atoms with Crippen molar-refractivity contribution in [1.29, 1.82) is 0 Å². The Bertz CT molecular complexity index is 1450. The van der Waals surface area contributed by atoms with E-state index in [1.807, 2.05) is 60.7 Å². The first-order valence-corrected chi connectivity index (χ1v) is 11.2. The van der Waals surface area contributed by atoms with Crippen molar-refractivity contribution < 1.29 is 23.5 Å². The van der Waals surface area contributed by atoms with Crippen LogP contribution in [0.1, 0.15) is 50.7 Å². The molecule has 3 N–H and O–H groups in total. The topological polar surface area (TPSA) is 137 Å². The van der Waals surface area contributed by atoms with Gasteiger partial charge in [0.1, 0.15) is 22.6 Å². The molecular formula is C27H24N4O5. The average Bonchev–Trinajstić information content (AvgIpc) is 3.21. The van der Waals surface area contributed by atoms with E-state index in [1.54, 1.807) is 13.8 Å². The summed E-state index contributed by atoms with van der Waals surface area (Å²) >= 11 is 0. The summed E-state index contributed by atoms with van der Waals surface area (Å²) in [5.41, 5.74) is 7.96. The molecule has 4 aromatic rings. The summed E-state index contributed by atoms with van der Waals surface area (Å²) in [5, 5.41) is 11.6. The number of nitrogens with two attached hydrogens (primary N) is 1. The molecule has 0 atom stereocenters. The maximum atomic E-state index is 13.3. The molecule has 2 aromatic carbocycles. The van der Waals surface area contributed by atoms with Crippen LogP contribution in [-0.2, 0) is 4.74 Å². The monoisotopic (exact) mass is 484 g/mol. The zero-order valence-corrected chi connectivity index (χ0v) is 20.0. The van der Waals surface area contributed by atoms with Crippen LogP contribution in [0.5, 0.6) is 0 Å². The number of ether oxygens (including phenoxy) is 1. The largest absolute Gasteiger partial charge is 0.462 e. The van der Waals surface area contributed by atoms with E-state index in [2.05, 4.69) is 15.5 Å². The highest BCUT2D eigenvalue weighted by Gasteiger charge is 2.30. The van der Waals surface area contributed by atoms with Crippen molar-refractivity contribution in [2.45, 2.75) is 20.8 Å². The summed E-state index contributed by atoms with van der Waals surface area (Å²) in [7, 11) is 0. The van der Waals surface area contributed by atoms with Gasteiger partial charge in [0.25, 0.3) is 5.91 Å². The van der Waals surface area contributed by atoms with E-state index in [0.717, 1.165) is 5.56 Å². The van der Waals surface area contributed by atoms with Crippen molar-refractivity contribution >= 4 is 29.4 Å². The number of rotatable bonds is 8. The van der Waals surface area contributed by atoms with Crippen LogP contribution < -0.4 is 11.1 Å². The first-order valence-electron chi connectivity index (χ1n) is 11.2. The Hall–Kier alpha value is -4.79. The van der Waals surface area contributed by atoms with Crippen molar-refractivity contribution in [3.63, 3.8) is 0 Å². The van der Waals surface area contributed by atoms with Crippen molar-refractivity contribution in [2.75, 3.05) is 11.9 Å². The second-order valence-electron chi connectivity index (χ2n) is 7.88. The molecule has 0 aliphatic heterocycles. The van der Waals surface area contributed by atoms with Crippen molar-refractivity contribution in [3.05, 3.63) is 83.1 Å². The summed E-state index contributed by atoms with van der Waals surface area (Å²) in [6.07, 6.45) is 0. The molecule has 0 bridgehead atoms. The van der Waals surface area contributed by atoms with Gasteiger partial charge >= 0.3 is 5.97 Å². The zero-order chi connectivity index (χ0) is 25.8. The number of primary amides is 1. The number of aromatic nitrogens is 2. The summed E-state index contributed by atoms with van der Waals surface area (Å²) in [5.74, 6) is -1.83. The van der Waals surface area contributed by atoms with Crippen molar-refractivity contribution in [1.82, 2.24) is 10.2 Å². The number of nitrogens with zero attached hydrogens (tertiary/aromatic N) is 2. The summed E-state index contributed by atoms with van der Waals surface area (Å²) < 4.78 is 11.1. The number of benzene rings is 2. The molecule has 2 heterocycles. The molecule has 0 spiro atoms. The van der Waals surface area contributed by atoms with Crippen molar-refractivity contribution in [3.8, 4) is 22.4 Å². The smallest absolute Gasteiger partial charge is 0.342 e. The fourth-order valence-electron chi connectivity index (χ4n) is 4.01. The summed E-state index contributed by atoms with van der Waals surface area (Å²) in [6, 6.07) is 18.5. The molecule has 0 radical (unpaired) electrons. The highest BCUT2D eigenvalue weighted by molar-refractivity contribution is 6.11. The van der Waals surface area contributed by atoms with Crippen LogP contribution in [0.15, 0.2) is 65.1 Å². The zero-order valence-electron chi connectivity index (χ0n) is 20.0. The summed E-state index contributed by atoms with van der Waals surface area (Å²) in [4.78, 5) is 37.7. The van der Waals surface area contributed by atoms with Gasteiger partial charge in [0.15, 0.2) is 11.6 Å². The number of Topliss-reactive ketones (excluding diaryl/α,β-unsaturated/α-hetero) is 1. The van der Waals surface area contributed by atoms with Crippen LogP contribution in [0, 0.1) is 6.92 Å². The lowest BCUT2D eigenvalue weighted by atomic mass is 9.95. The maximum absolute atomic E-state index is 13.3. The van der Waals surface area contributed by atoms with Gasteiger partial charge in [-0.2, -0.15) is 0 Å². The molecule has 36 heavy (non-hydrogen) atoms. The number of ketones is 1. The maximum Gasteiger partial charge on any atom is 0.342 e. The van der Waals surface area contributed by atoms with Gasteiger partial charge in [0, 0.05) is 11.1 Å². The molecule has 0 aliphatic rings. The number of carbonyl (C=O) groups is 3. The molecule has 4 rings (SSSR count). The molecular weight excluding hydrogens is 460 g/mol. The second-order valence-corrected chi connectivity index (χ2v) is 7.88. The van der Waals surface area contributed by atoms with E-state index in [-0.39, 0.29) is 46.5 Å². The standard InChI is InChI=1S/C27H24N4O5/c1-4-35-27(34)22-20(17-11-7-5-8-12-17)23(18-13-9-6-10-14-18)30-31-25(22)29-26-21(24(28)33)19(15(2)32)16(3)36-26/h5-14H,4H2,1-3H3,(H2,28,33)(H,29,31). The van der Waals surface area contributed by atoms with E-state index in [9.17, 15) is 14.4 Å². The van der Waals surface area contributed by atoms with Gasteiger partial charge in [-0.15, -0.1) is 10.2 Å². The van der Waals surface area contributed by atoms with Crippen LogP contribution in [0.25, 0.3) is 22.4 Å². The Balaban J connectivity index is 2.01. The minimum atomic E-state index is -0.866. The van der Waals surface area contributed by atoms with Crippen LogP contribution in [0.2, 0.25) is 0 Å².